The maximum Gasteiger partial charge on any atom is 0.331 e. The lowest BCUT2D eigenvalue weighted by molar-refractivity contribution is -0.150. The van der Waals surface area contributed by atoms with E-state index >= 15 is 0 Å². The summed E-state index contributed by atoms with van der Waals surface area (Å²) in [6.07, 6.45) is 9.02. The quantitative estimate of drug-likeness (QED) is 0.669. The minimum atomic E-state index is -0.791. The number of furan rings is 1. The molecule has 1 heterocycles. The van der Waals surface area contributed by atoms with Gasteiger partial charge in [-0.2, -0.15) is 0 Å². The molecule has 0 spiro atoms. The average molecular weight is 291 g/mol. The number of hydrogen-bond acceptors (Lipinski definition) is 4. The highest BCUT2D eigenvalue weighted by molar-refractivity contribution is 5.90. The Labute approximate surface area is 124 Å². The first-order chi connectivity index (χ1) is 10.1. The van der Waals surface area contributed by atoms with Crippen LogP contribution in [0.2, 0.25) is 0 Å². The molecule has 2 rings (SSSR count). The SMILES string of the molecule is C[C@H](OC(=O)/C=C/c1ccco1)C(=O)NC1CCCCC1. The lowest BCUT2D eigenvalue weighted by Gasteiger charge is -2.24. The smallest absolute Gasteiger partial charge is 0.331 e. The van der Waals surface area contributed by atoms with E-state index < -0.39 is 12.1 Å². The van der Waals surface area contributed by atoms with Gasteiger partial charge in [-0.25, -0.2) is 4.79 Å². The Morgan fingerprint density at radius 3 is 2.81 bits per heavy atom. The third-order valence-electron chi connectivity index (χ3n) is 3.54. The summed E-state index contributed by atoms with van der Waals surface area (Å²) in [5, 5.41) is 2.93. The predicted octanol–water partition coefficient (Wildman–Crippen LogP) is 2.67. The number of carbonyl (C=O) groups is 2. The molecule has 114 valence electrons. The van der Waals surface area contributed by atoms with Crippen molar-refractivity contribution < 1.29 is 18.7 Å². The molecule has 1 amide bonds. The van der Waals surface area contributed by atoms with E-state index in [2.05, 4.69) is 5.32 Å². The Hall–Kier alpha value is -2.04. The van der Waals surface area contributed by atoms with E-state index in [1.807, 2.05) is 0 Å². The molecule has 0 unspecified atom stereocenters. The van der Waals surface area contributed by atoms with E-state index in [1.165, 1.54) is 24.8 Å². The number of nitrogens with one attached hydrogen (secondary N) is 1. The van der Waals surface area contributed by atoms with Gasteiger partial charge in [0, 0.05) is 12.1 Å². The summed E-state index contributed by atoms with van der Waals surface area (Å²) in [6.45, 7) is 1.58. The van der Waals surface area contributed by atoms with Crippen molar-refractivity contribution >= 4 is 18.0 Å². The molecule has 21 heavy (non-hydrogen) atoms. The van der Waals surface area contributed by atoms with E-state index in [9.17, 15) is 9.59 Å². The minimum absolute atomic E-state index is 0.214. The van der Waals surface area contributed by atoms with Gasteiger partial charge in [0.1, 0.15) is 5.76 Å². The first-order valence-electron chi connectivity index (χ1n) is 7.38. The van der Waals surface area contributed by atoms with Crippen LogP contribution in [0.25, 0.3) is 6.08 Å². The molecule has 0 radical (unpaired) electrons. The van der Waals surface area contributed by atoms with Crippen molar-refractivity contribution in [2.75, 3.05) is 0 Å². The number of amides is 1. The van der Waals surface area contributed by atoms with Gasteiger partial charge < -0.3 is 14.5 Å². The molecular formula is C16H21NO4. The van der Waals surface area contributed by atoms with Crippen LogP contribution in [0.1, 0.15) is 44.8 Å². The third kappa shape index (κ3) is 5.10. The third-order valence-corrected chi connectivity index (χ3v) is 3.54. The number of ether oxygens (including phenoxy) is 1. The van der Waals surface area contributed by atoms with E-state index in [4.69, 9.17) is 9.15 Å². The molecule has 1 aliphatic rings. The highest BCUT2D eigenvalue weighted by Crippen LogP contribution is 2.17. The van der Waals surface area contributed by atoms with Crippen LogP contribution in [0.15, 0.2) is 28.9 Å². The lowest BCUT2D eigenvalue weighted by atomic mass is 9.95. The Bertz CT molecular complexity index is 486. The first kappa shape index (κ1) is 15.4. The highest BCUT2D eigenvalue weighted by Gasteiger charge is 2.21. The topological polar surface area (TPSA) is 68.5 Å². The Morgan fingerprint density at radius 2 is 2.14 bits per heavy atom. The molecular weight excluding hydrogens is 270 g/mol. The zero-order chi connectivity index (χ0) is 15.1. The molecule has 1 saturated carbocycles. The molecule has 0 saturated heterocycles. The predicted molar refractivity (Wildman–Crippen MR) is 78.3 cm³/mol. The molecule has 0 aliphatic heterocycles. The van der Waals surface area contributed by atoms with Crippen LogP contribution in [0.3, 0.4) is 0 Å². The molecule has 1 aromatic rings. The normalized spacial score (nSPS) is 17.6. The maximum absolute atomic E-state index is 11.9. The van der Waals surface area contributed by atoms with Gasteiger partial charge in [-0.3, -0.25) is 4.79 Å². The van der Waals surface area contributed by atoms with Crippen molar-refractivity contribution in [1.82, 2.24) is 5.32 Å². The molecule has 0 bridgehead atoms. The fraction of sp³-hybridized carbons (Fsp3) is 0.500. The van der Waals surface area contributed by atoms with Gasteiger partial charge >= 0.3 is 5.97 Å². The maximum atomic E-state index is 11.9. The van der Waals surface area contributed by atoms with Crippen molar-refractivity contribution in [2.45, 2.75) is 51.2 Å². The summed E-state index contributed by atoms with van der Waals surface area (Å²) in [7, 11) is 0. The Balaban J connectivity index is 1.75. The van der Waals surface area contributed by atoms with E-state index in [1.54, 1.807) is 19.1 Å². The van der Waals surface area contributed by atoms with Crippen LogP contribution in [0, 0.1) is 0 Å². The van der Waals surface area contributed by atoms with Gasteiger partial charge in [0.15, 0.2) is 6.10 Å². The van der Waals surface area contributed by atoms with Gasteiger partial charge in [-0.05, 0) is 38.0 Å². The van der Waals surface area contributed by atoms with Gasteiger partial charge in [0.05, 0.1) is 6.26 Å². The van der Waals surface area contributed by atoms with E-state index in [-0.39, 0.29) is 11.9 Å². The van der Waals surface area contributed by atoms with Crippen LogP contribution in [0.5, 0.6) is 0 Å². The second kappa shape index (κ2) is 7.67. The standard InChI is InChI=1S/C16H21NO4/c1-12(16(19)17-13-6-3-2-4-7-13)21-15(18)10-9-14-8-5-11-20-14/h5,8-13H,2-4,6-7H2,1H3,(H,17,19)/b10-9+/t12-/m0/s1. The van der Waals surface area contributed by atoms with Crippen LogP contribution < -0.4 is 5.32 Å². The van der Waals surface area contributed by atoms with Crippen molar-refractivity contribution in [3.05, 3.63) is 30.2 Å². The zero-order valence-electron chi connectivity index (χ0n) is 12.2. The molecule has 5 heteroatoms. The second-order valence-corrected chi connectivity index (χ2v) is 5.27. The summed E-state index contributed by atoms with van der Waals surface area (Å²) in [4.78, 5) is 23.6. The summed E-state index contributed by atoms with van der Waals surface area (Å²) >= 11 is 0. The molecule has 1 N–H and O–H groups in total. The van der Waals surface area contributed by atoms with Crippen LogP contribution in [-0.4, -0.2) is 24.0 Å². The molecule has 5 nitrogen and oxygen atoms in total. The zero-order valence-corrected chi connectivity index (χ0v) is 12.2. The van der Waals surface area contributed by atoms with E-state index in [0.717, 1.165) is 25.7 Å². The van der Waals surface area contributed by atoms with Crippen molar-refractivity contribution in [3.8, 4) is 0 Å². The van der Waals surface area contributed by atoms with Crippen molar-refractivity contribution in [1.29, 1.82) is 0 Å². The number of hydrogen-bond donors (Lipinski definition) is 1. The summed E-state index contributed by atoms with van der Waals surface area (Å²) < 4.78 is 10.1. The first-order valence-corrected chi connectivity index (χ1v) is 7.38. The van der Waals surface area contributed by atoms with E-state index in [0.29, 0.717) is 5.76 Å². The van der Waals surface area contributed by atoms with Crippen LogP contribution in [0.4, 0.5) is 0 Å². The summed E-state index contributed by atoms with van der Waals surface area (Å²) in [5.41, 5.74) is 0. The van der Waals surface area contributed by atoms with Crippen molar-refractivity contribution in [2.24, 2.45) is 0 Å². The van der Waals surface area contributed by atoms with Crippen LogP contribution in [-0.2, 0) is 14.3 Å². The van der Waals surface area contributed by atoms with Crippen LogP contribution >= 0.6 is 0 Å². The van der Waals surface area contributed by atoms with Gasteiger partial charge in [-0.1, -0.05) is 19.3 Å². The molecule has 1 atom stereocenters. The largest absolute Gasteiger partial charge is 0.465 e. The highest BCUT2D eigenvalue weighted by atomic mass is 16.5. The average Bonchev–Trinajstić information content (AvgIpc) is 2.99. The number of esters is 1. The van der Waals surface area contributed by atoms with Crippen molar-refractivity contribution in [3.63, 3.8) is 0 Å². The molecule has 1 fully saturated rings. The number of rotatable bonds is 5. The summed E-state index contributed by atoms with van der Waals surface area (Å²) in [5.74, 6) is -0.231. The monoisotopic (exact) mass is 291 g/mol. The fourth-order valence-corrected chi connectivity index (χ4v) is 2.37. The molecule has 0 aromatic carbocycles. The minimum Gasteiger partial charge on any atom is -0.465 e. The Kier molecular flexibility index (Phi) is 5.60. The molecule has 1 aliphatic carbocycles. The fourth-order valence-electron chi connectivity index (χ4n) is 2.37. The molecule has 1 aromatic heterocycles. The lowest BCUT2D eigenvalue weighted by Crippen LogP contribution is -2.42. The van der Waals surface area contributed by atoms with Gasteiger partial charge in [0.2, 0.25) is 0 Å². The van der Waals surface area contributed by atoms with Gasteiger partial charge in [-0.15, -0.1) is 0 Å². The Morgan fingerprint density at radius 1 is 1.38 bits per heavy atom. The number of carbonyl (C=O) groups excluding carboxylic acids is 2. The summed E-state index contributed by atoms with van der Waals surface area (Å²) in [6, 6.07) is 3.67. The van der Waals surface area contributed by atoms with Gasteiger partial charge in [0.25, 0.3) is 5.91 Å². The second-order valence-electron chi connectivity index (χ2n) is 5.27.